The van der Waals surface area contributed by atoms with Crippen LogP contribution in [0.25, 0.3) is 0 Å². The van der Waals surface area contributed by atoms with Gasteiger partial charge in [0.15, 0.2) is 0 Å². The molecule has 0 aliphatic carbocycles. The summed E-state index contributed by atoms with van der Waals surface area (Å²) in [6, 6.07) is 4.37. The number of imide groups is 1. The summed E-state index contributed by atoms with van der Waals surface area (Å²) in [6.07, 6.45) is 1.50. The quantitative estimate of drug-likeness (QED) is 0.766. The fourth-order valence-corrected chi connectivity index (χ4v) is 1.25. The summed E-state index contributed by atoms with van der Waals surface area (Å²) < 4.78 is 0. The van der Waals surface area contributed by atoms with Crippen LogP contribution in [0, 0.1) is 0 Å². The first-order valence-corrected chi connectivity index (χ1v) is 4.71. The number of hydrogen-bond donors (Lipinski definition) is 0. The van der Waals surface area contributed by atoms with E-state index in [1.165, 1.54) is 18.2 Å². The van der Waals surface area contributed by atoms with Crippen LogP contribution >= 0.6 is 23.2 Å². The molecule has 0 saturated heterocycles. The molecule has 0 aliphatic heterocycles. The molecule has 5 heteroatoms. The lowest BCUT2D eigenvalue weighted by atomic mass is 10.2. The van der Waals surface area contributed by atoms with E-state index in [0.717, 1.165) is 11.1 Å². The Balaban J connectivity index is 3.06. The number of hydrogen-bond acceptors (Lipinski definition) is 2. The van der Waals surface area contributed by atoms with Crippen molar-refractivity contribution in [3.8, 4) is 0 Å². The molecule has 2 amide bonds. The van der Waals surface area contributed by atoms with E-state index in [-0.39, 0.29) is 10.6 Å². The standard InChI is InChI=1S/C10H7Cl2NO2/c1-2-13(6-14)10(15)7-3-4-8(11)9(12)5-7/h2-6H,1H2. The zero-order chi connectivity index (χ0) is 11.4. The maximum Gasteiger partial charge on any atom is 0.264 e. The maximum absolute atomic E-state index is 11.6. The van der Waals surface area contributed by atoms with Gasteiger partial charge in [0.1, 0.15) is 0 Å². The molecule has 0 atom stereocenters. The van der Waals surface area contributed by atoms with Crippen LogP contribution in [0.3, 0.4) is 0 Å². The first-order chi connectivity index (χ1) is 7.10. The zero-order valence-electron chi connectivity index (χ0n) is 7.61. The molecule has 3 nitrogen and oxygen atoms in total. The van der Waals surface area contributed by atoms with Crippen LogP contribution in [0.15, 0.2) is 31.0 Å². The first kappa shape index (κ1) is 11.8. The van der Waals surface area contributed by atoms with E-state index < -0.39 is 5.91 Å². The van der Waals surface area contributed by atoms with Crippen molar-refractivity contribution < 1.29 is 9.59 Å². The first-order valence-electron chi connectivity index (χ1n) is 3.95. The van der Waals surface area contributed by atoms with Gasteiger partial charge in [-0.05, 0) is 18.2 Å². The minimum absolute atomic E-state index is 0.262. The SMILES string of the molecule is C=CN(C=O)C(=O)c1ccc(Cl)c(Cl)c1. The summed E-state index contributed by atoms with van der Waals surface area (Å²) in [6.45, 7) is 3.33. The molecule has 15 heavy (non-hydrogen) atoms. The van der Waals surface area contributed by atoms with Crippen molar-refractivity contribution in [1.82, 2.24) is 4.90 Å². The molecule has 1 rings (SSSR count). The number of nitrogens with zero attached hydrogens (tertiary/aromatic N) is 1. The Hall–Kier alpha value is -1.32. The summed E-state index contributed by atoms with van der Waals surface area (Å²) in [4.78, 5) is 22.9. The Morgan fingerprint density at radius 3 is 2.47 bits per heavy atom. The lowest BCUT2D eigenvalue weighted by Gasteiger charge is -2.09. The third-order valence-corrected chi connectivity index (χ3v) is 2.45. The highest BCUT2D eigenvalue weighted by molar-refractivity contribution is 6.42. The third kappa shape index (κ3) is 2.58. The molecule has 1 aromatic carbocycles. The second-order valence-electron chi connectivity index (χ2n) is 2.63. The van der Waals surface area contributed by atoms with E-state index >= 15 is 0 Å². The fourth-order valence-electron chi connectivity index (χ4n) is 0.952. The highest BCUT2D eigenvalue weighted by Gasteiger charge is 2.13. The van der Waals surface area contributed by atoms with E-state index in [2.05, 4.69) is 6.58 Å². The van der Waals surface area contributed by atoms with Crippen LogP contribution in [0.1, 0.15) is 10.4 Å². The van der Waals surface area contributed by atoms with Crippen LogP contribution in [0.5, 0.6) is 0 Å². The van der Waals surface area contributed by atoms with Crippen molar-refractivity contribution in [2.45, 2.75) is 0 Å². The number of rotatable bonds is 3. The molecule has 0 N–H and O–H groups in total. The van der Waals surface area contributed by atoms with E-state index in [1.54, 1.807) is 0 Å². The monoisotopic (exact) mass is 243 g/mol. The molecule has 0 heterocycles. The van der Waals surface area contributed by atoms with Crippen molar-refractivity contribution in [1.29, 1.82) is 0 Å². The molecule has 0 aliphatic rings. The topological polar surface area (TPSA) is 37.4 Å². The summed E-state index contributed by atoms with van der Waals surface area (Å²) in [5.74, 6) is -0.501. The normalized spacial score (nSPS) is 9.47. The van der Waals surface area contributed by atoms with Crippen molar-refractivity contribution in [3.63, 3.8) is 0 Å². The number of benzene rings is 1. The van der Waals surface area contributed by atoms with Crippen molar-refractivity contribution in [3.05, 3.63) is 46.6 Å². The Morgan fingerprint density at radius 1 is 1.33 bits per heavy atom. The summed E-state index contributed by atoms with van der Waals surface area (Å²) in [5.41, 5.74) is 0.274. The van der Waals surface area contributed by atoms with Crippen molar-refractivity contribution in [2.75, 3.05) is 0 Å². The summed E-state index contributed by atoms with van der Waals surface area (Å²) in [7, 11) is 0. The zero-order valence-corrected chi connectivity index (χ0v) is 9.13. The number of carbonyl (C=O) groups excluding carboxylic acids is 2. The van der Waals surface area contributed by atoms with Crippen LogP contribution in [-0.4, -0.2) is 17.2 Å². The predicted molar refractivity (Wildman–Crippen MR) is 58.9 cm³/mol. The second kappa shape index (κ2) is 4.96. The molecule has 0 aromatic heterocycles. The predicted octanol–water partition coefficient (Wildman–Crippen LogP) is 2.74. The van der Waals surface area contributed by atoms with Gasteiger partial charge >= 0.3 is 0 Å². The maximum atomic E-state index is 11.6. The smallest absolute Gasteiger partial charge is 0.264 e. The van der Waals surface area contributed by atoms with Gasteiger partial charge in [0.05, 0.1) is 10.0 Å². The summed E-state index contributed by atoms with van der Waals surface area (Å²) in [5, 5.41) is 0.613. The Labute approximate surface area is 96.9 Å². The highest BCUT2D eigenvalue weighted by Crippen LogP contribution is 2.23. The number of carbonyl (C=O) groups is 2. The van der Waals surface area contributed by atoms with Gasteiger partial charge in [-0.1, -0.05) is 29.8 Å². The van der Waals surface area contributed by atoms with Crippen LogP contribution in [0.4, 0.5) is 0 Å². The van der Waals surface area contributed by atoms with Crippen LogP contribution < -0.4 is 0 Å². The Morgan fingerprint density at radius 2 is 2.00 bits per heavy atom. The molecular weight excluding hydrogens is 237 g/mol. The van der Waals surface area contributed by atoms with E-state index in [9.17, 15) is 9.59 Å². The molecule has 0 radical (unpaired) electrons. The van der Waals surface area contributed by atoms with Crippen molar-refractivity contribution >= 4 is 35.5 Å². The van der Waals surface area contributed by atoms with Gasteiger partial charge in [-0.25, -0.2) is 0 Å². The molecule has 0 saturated carbocycles. The van der Waals surface area contributed by atoms with Gasteiger partial charge in [0, 0.05) is 11.8 Å². The van der Waals surface area contributed by atoms with Gasteiger partial charge < -0.3 is 0 Å². The highest BCUT2D eigenvalue weighted by atomic mass is 35.5. The van der Waals surface area contributed by atoms with Gasteiger partial charge in [0.25, 0.3) is 5.91 Å². The Bertz CT molecular complexity index is 410. The van der Waals surface area contributed by atoms with E-state index in [0.29, 0.717) is 11.4 Å². The molecular formula is C10H7Cl2NO2. The molecule has 0 spiro atoms. The largest absolute Gasteiger partial charge is 0.278 e. The third-order valence-electron chi connectivity index (χ3n) is 1.71. The molecule has 0 unspecified atom stereocenters. The van der Waals surface area contributed by atoms with Gasteiger partial charge in [-0.2, -0.15) is 0 Å². The van der Waals surface area contributed by atoms with Crippen LogP contribution in [0.2, 0.25) is 10.0 Å². The fraction of sp³-hybridized carbons (Fsp3) is 0. The van der Waals surface area contributed by atoms with E-state index in [1.807, 2.05) is 0 Å². The van der Waals surface area contributed by atoms with Crippen molar-refractivity contribution in [2.24, 2.45) is 0 Å². The average molecular weight is 244 g/mol. The molecule has 0 bridgehead atoms. The van der Waals surface area contributed by atoms with Gasteiger partial charge in [-0.15, -0.1) is 0 Å². The lowest BCUT2D eigenvalue weighted by Crippen LogP contribution is -2.23. The number of halogens is 2. The minimum Gasteiger partial charge on any atom is -0.278 e. The Kier molecular flexibility index (Phi) is 3.88. The van der Waals surface area contributed by atoms with E-state index in [4.69, 9.17) is 23.2 Å². The second-order valence-corrected chi connectivity index (χ2v) is 3.44. The summed E-state index contributed by atoms with van der Waals surface area (Å²) >= 11 is 11.4. The lowest BCUT2D eigenvalue weighted by molar-refractivity contribution is -0.114. The van der Waals surface area contributed by atoms with Gasteiger partial charge in [-0.3, -0.25) is 14.5 Å². The molecule has 0 fully saturated rings. The van der Waals surface area contributed by atoms with Gasteiger partial charge in [0.2, 0.25) is 6.41 Å². The minimum atomic E-state index is -0.501. The molecule has 78 valence electrons. The van der Waals surface area contributed by atoms with Crippen LogP contribution in [-0.2, 0) is 4.79 Å². The molecule has 1 aromatic rings. The average Bonchev–Trinajstić information content (AvgIpc) is 2.23. The number of amides is 2.